The first-order valence-electron chi connectivity index (χ1n) is 5.37. The van der Waals surface area contributed by atoms with Gasteiger partial charge >= 0.3 is 0 Å². The maximum atomic E-state index is 5.80. The molecule has 1 atom stereocenters. The molecule has 0 radical (unpaired) electrons. The molecule has 0 saturated heterocycles. The molecular formula is C12H15BrN2O2. The highest BCUT2D eigenvalue weighted by Gasteiger charge is 2.19. The first-order valence-corrected chi connectivity index (χ1v) is 6.16. The monoisotopic (exact) mass is 298 g/mol. The normalized spacial score (nSPS) is 13.2. The van der Waals surface area contributed by atoms with Crippen LogP contribution in [-0.4, -0.2) is 18.5 Å². The molecule has 4 nitrogen and oxygen atoms in total. The van der Waals surface area contributed by atoms with Crippen LogP contribution in [0.15, 0.2) is 44.2 Å². The summed E-state index contributed by atoms with van der Waals surface area (Å²) < 4.78 is 11.3. The Morgan fingerprint density at radius 3 is 2.76 bits per heavy atom. The van der Waals surface area contributed by atoms with E-state index in [2.05, 4.69) is 20.8 Å². The van der Waals surface area contributed by atoms with E-state index in [1.165, 1.54) is 0 Å². The van der Waals surface area contributed by atoms with Crippen molar-refractivity contribution in [1.82, 2.24) is 4.90 Å². The van der Waals surface area contributed by atoms with Crippen LogP contribution in [0.5, 0.6) is 0 Å². The molecule has 0 spiro atoms. The molecule has 0 amide bonds. The van der Waals surface area contributed by atoms with Gasteiger partial charge in [-0.25, -0.2) is 0 Å². The van der Waals surface area contributed by atoms with Gasteiger partial charge in [-0.1, -0.05) is 0 Å². The van der Waals surface area contributed by atoms with E-state index in [1.807, 2.05) is 25.2 Å². The molecule has 5 heteroatoms. The van der Waals surface area contributed by atoms with Crippen LogP contribution in [0.25, 0.3) is 0 Å². The van der Waals surface area contributed by atoms with Crippen molar-refractivity contribution in [3.05, 3.63) is 46.7 Å². The van der Waals surface area contributed by atoms with Gasteiger partial charge in [0.1, 0.15) is 5.76 Å². The predicted octanol–water partition coefficient (Wildman–Crippen LogP) is 2.77. The molecule has 2 N–H and O–H groups in total. The van der Waals surface area contributed by atoms with Crippen LogP contribution in [0, 0.1) is 0 Å². The summed E-state index contributed by atoms with van der Waals surface area (Å²) in [5.74, 6) is 0.866. The van der Waals surface area contributed by atoms with E-state index >= 15 is 0 Å². The van der Waals surface area contributed by atoms with E-state index in [9.17, 15) is 0 Å². The molecule has 1 unspecified atom stereocenters. The molecule has 0 aromatic carbocycles. The number of hydrogen-bond acceptors (Lipinski definition) is 4. The fraction of sp³-hybridized carbons (Fsp3) is 0.333. The number of hydrogen-bond donors (Lipinski definition) is 1. The molecule has 2 heterocycles. The topological polar surface area (TPSA) is 55.5 Å². The lowest BCUT2D eigenvalue weighted by Gasteiger charge is -2.24. The zero-order chi connectivity index (χ0) is 12.3. The van der Waals surface area contributed by atoms with Crippen LogP contribution >= 0.6 is 15.9 Å². The Kier molecular flexibility index (Phi) is 4.04. The molecule has 0 bridgehead atoms. The first kappa shape index (κ1) is 12.4. The highest BCUT2D eigenvalue weighted by Crippen LogP contribution is 2.24. The van der Waals surface area contributed by atoms with Crippen molar-refractivity contribution in [2.75, 3.05) is 13.6 Å². The van der Waals surface area contributed by atoms with Gasteiger partial charge in [-0.15, -0.1) is 0 Å². The molecule has 0 fully saturated rings. The molecule has 0 aliphatic heterocycles. The van der Waals surface area contributed by atoms with E-state index in [0.29, 0.717) is 6.54 Å². The third-order valence-electron chi connectivity index (χ3n) is 2.69. The fourth-order valence-corrected chi connectivity index (χ4v) is 2.12. The SMILES string of the molecule is CN(Cc1ccoc1)C(CN)c1ccc(Br)o1. The van der Waals surface area contributed by atoms with Gasteiger partial charge in [-0.05, 0) is 41.2 Å². The van der Waals surface area contributed by atoms with Gasteiger partial charge in [-0.2, -0.15) is 0 Å². The van der Waals surface area contributed by atoms with E-state index < -0.39 is 0 Å². The van der Waals surface area contributed by atoms with Crippen LogP contribution in [0.4, 0.5) is 0 Å². The number of furan rings is 2. The predicted molar refractivity (Wildman–Crippen MR) is 68.4 cm³/mol. The average molecular weight is 299 g/mol. The van der Waals surface area contributed by atoms with Crippen LogP contribution in [-0.2, 0) is 6.54 Å². The van der Waals surface area contributed by atoms with E-state index in [1.54, 1.807) is 12.5 Å². The Balaban J connectivity index is 2.07. The maximum absolute atomic E-state index is 5.80. The highest BCUT2D eigenvalue weighted by molar-refractivity contribution is 9.10. The smallest absolute Gasteiger partial charge is 0.169 e. The standard InChI is InChI=1S/C12H15BrN2O2/c1-15(7-9-4-5-16-8-9)10(6-14)11-2-3-12(13)17-11/h2-5,8,10H,6-7,14H2,1H3. The Bertz CT molecular complexity index is 453. The molecule has 0 aliphatic carbocycles. The number of halogens is 1. The summed E-state index contributed by atoms with van der Waals surface area (Å²) in [6, 6.07) is 5.83. The van der Waals surface area contributed by atoms with Crippen LogP contribution < -0.4 is 5.73 Å². The van der Waals surface area contributed by atoms with Gasteiger partial charge in [0.05, 0.1) is 18.6 Å². The number of nitrogens with zero attached hydrogens (tertiary/aromatic N) is 1. The van der Waals surface area contributed by atoms with Crippen molar-refractivity contribution >= 4 is 15.9 Å². The van der Waals surface area contributed by atoms with Gasteiger partial charge < -0.3 is 14.6 Å². The number of nitrogens with two attached hydrogens (primary N) is 1. The van der Waals surface area contributed by atoms with Crippen LogP contribution in [0.3, 0.4) is 0 Å². The average Bonchev–Trinajstić information content (AvgIpc) is 2.91. The molecular weight excluding hydrogens is 284 g/mol. The molecule has 0 saturated carbocycles. The lowest BCUT2D eigenvalue weighted by atomic mass is 10.2. The second-order valence-electron chi connectivity index (χ2n) is 3.94. The van der Waals surface area contributed by atoms with Crippen molar-refractivity contribution in [2.45, 2.75) is 12.6 Å². The quantitative estimate of drug-likeness (QED) is 0.922. The van der Waals surface area contributed by atoms with Gasteiger partial charge in [0.15, 0.2) is 4.67 Å². The Hall–Kier alpha value is -1.04. The van der Waals surface area contributed by atoms with Gasteiger partial charge in [0.25, 0.3) is 0 Å². The zero-order valence-corrected chi connectivity index (χ0v) is 11.2. The maximum Gasteiger partial charge on any atom is 0.169 e. The molecule has 2 rings (SSSR count). The molecule has 2 aromatic heterocycles. The molecule has 92 valence electrons. The third kappa shape index (κ3) is 3.00. The summed E-state index contributed by atoms with van der Waals surface area (Å²) in [6.07, 6.45) is 3.41. The van der Waals surface area contributed by atoms with Gasteiger partial charge in [-0.3, -0.25) is 4.90 Å². The second kappa shape index (κ2) is 5.53. The van der Waals surface area contributed by atoms with Gasteiger partial charge in [0.2, 0.25) is 0 Å². The van der Waals surface area contributed by atoms with Crippen molar-refractivity contribution in [3.63, 3.8) is 0 Å². The summed E-state index contributed by atoms with van der Waals surface area (Å²) >= 11 is 3.30. The summed E-state index contributed by atoms with van der Waals surface area (Å²) in [4.78, 5) is 2.14. The van der Waals surface area contributed by atoms with Crippen molar-refractivity contribution in [1.29, 1.82) is 0 Å². The third-order valence-corrected chi connectivity index (χ3v) is 3.12. The van der Waals surface area contributed by atoms with Crippen LogP contribution in [0.2, 0.25) is 0 Å². The summed E-state index contributed by atoms with van der Waals surface area (Å²) in [5, 5.41) is 0. The van der Waals surface area contributed by atoms with E-state index in [-0.39, 0.29) is 6.04 Å². The molecule has 2 aromatic rings. The Labute approximate surface area is 109 Å². The Morgan fingerprint density at radius 1 is 1.41 bits per heavy atom. The minimum atomic E-state index is 0.0659. The molecule has 0 aliphatic rings. The van der Waals surface area contributed by atoms with Crippen molar-refractivity contribution in [3.8, 4) is 0 Å². The van der Waals surface area contributed by atoms with E-state index in [0.717, 1.165) is 22.5 Å². The highest BCUT2D eigenvalue weighted by atomic mass is 79.9. The summed E-state index contributed by atoms with van der Waals surface area (Å²) in [5.41, 5.74) is 6.93. The van der Waals surface area contributed by atoms with Crippen molar-refractivity contribution in [2.24, 2.45) is 5.73 Å². The minimum absolute atomic E-state index is 0.0659. The number of likely N-dealkylation sites (N-methyl/N-ethyl adjacent to an activating group) is 1. The lowest BCUT2D eigenvalue weighted by molar-refractivity contribution is 0.210. The van der Waals surface area contributed by atoms with Crippen LogP contribution in [0.1, 0.15) is 17.4 Å². The second-order valence-corrected chi connectivity index (χ2v) is 4.72. The molecule has 17 heavy (non-hydrogen) atoms. The Morgan fingerprint density at radius 2 is 2.24 bits per heavy atom. The lowest BCUT2D eigenvalue weighted by Crippen LogP contribution is -2.29. The van der Waals surface area contributed by atoms with Crippen molar-refractivity contribution < 1.29 is 8.83 Å². The zero-order valence-electron chi connectivity index (χ0n) is 9.60. The van der Waals surface area contributed by atoms with Gasteiger partial charge in [0, 0.05) is 18.7 Å². The summed E-state index contributed by atoms with van der Waals surface area (Å²) in [6.45, 7) is 1.28. The number of rotatable bonds is 5. The minimum Gasteiger partial charge on any atom is -0.472 e. The first-order chi connectivity index (χ1) is 8.20. The summed E-state index contributed by atoms with van der Waals surface area (Å²) in [7, 11) is 2.01. The largest absolute Gasteiger partial charge is 0.472 e. The fourth-order valence-electron chi connectivity index (χ4n) is 1.80. The van der Waals surface area contributed by atoms with E-state index in [4.69, 9.17) is 14.6 Å².